The molecule has 2 unspecified atom stereocenters. The lowest BCUT2D eigenvalue weighted by atomic mass is 9.76. The van der Waals surface area contributed by atoms with Gasteiger partial charge < -0.3 is 9.31 Å². The Bertz CT molecular complexity index is 1370. The Kier molecular flexibility index (Phi) is 4.71. The lowest BCUT2D eigenvalue weighted by Gasteiger charge is -2.45. The van der Waals surface area contributed by atoms with E-state index in [1.165, 1.54) is 32.1 Å². The van der Waals surface area contributed by atoms with E-state index in [0.717, 1.165) is 17.0 Å². The molecule has 0 aromatic heterocycles. The largest absolute Gasteiger partial charge is 0.632 e. The maximum absolute atomic E-state index is 6.61. The fraction of sp³-hybridized carbons (Fsp3) is 0.133. The second kappa shape index (κ2) is 7.74. The first-order valence-electron chi connectivity index (χ1n) is 11.9. The fourth-order valence-corrected chi connectivity index (χ4v) is 8.50. The van der Waals surface area contributed by atoms with Gasteiger partial charge in [0.05, 0.1) is 9.49 Å². The Morgan fingerprint density at radius 2 is 0.971 bits per heavy atom. The quantitative estimate of drug-likeness (QED) is 0.367. The second-order valence-electron chi connectivity index (χ2n) is 9.48. The summed E-state index contributed by atoms with van der Waals surface area (Å²) < 4.78 is 12.8. The smallest absolute Gasteiger partial charge is 0.519 e. The van der Waals surface area contributed by atoms with Crippen molar-refractivity contribution >= 4 is 45.9 Å². The molecule has 5 heteroatoms. The molecule has 2 nitrogen and oxygen atoms in total. The van der Waals surface area contributed by atoms with Crippen molar-refractivity contribution in [2.75, 3.05) is 0 Å². The summed E-state index contributed by atoms with van der Waals surface area (Å²) in [6.07, 6.45) is 4.66. The molecule has 1 fully saturated rings. The van der Waals surface area contributed by atoms with Gasteiger partial charge in [0.2, 0.25) is 0 Å². The Morgan fingerprint density at radius 3 is 1.40 bits per heavy atom. The average Bonchev–Trinajstić information content (AvgIpc) is 3.60. The molecular weight excluding hydrogens is 467 g/mol. The Hall–Kier alpha value is -3.02. The fourth-order valence-electron chi connectivity index (χ4n) is 5.37. The highest BCUT2D eigenvalue weighted by Gasteiger charge is 2.62. The summed E-state index contributed by atoms with van der Waals surface area (Å²) in [5, 5.41) is 0. The van der Waals surface area contributed by atoms with Gasteiger partial charge in [0.15, 0.2) is 0 Å². The third kappa shape index (κ3) is 3.08. The van der Waals surface area contributed by atoms with E-state index in [-0.39, 0.29) is 9.49 Å². The Morgan fingerprint density at radius 1 is 0.571 bits per heavy atom. The first-order valence-corrected chi connectivity index (χ1v) is 13.5. The van der Waals surface area contributed by atoms with E-state index in [1.54, 1.807) is 0 Å². The van der Waals surface area contributed by atoms with Crippen LogP contribution in [0.3, 0.4) is 0 Å². The number of allylic oxidation sites excluding steroid dienone is 2. The number of hydrogen-bond acceptors (Lipinski definition) is 4. The normalized spacial score (nSPS) is 26.5. The first kappa shape index (κ1) is 21.3. The van der Waals surface area contributed by atoms with Crippen molar-refractivity contribution in [2.45, 2.75) is 23.3 Å². The van der Waals surface area contributed by atoms with Gasteiger partial charge in [0, 0.05) is 26.4 Å². The van der Waals surface area contributed by atoms with Gasteiger partial charge in [0.25, 0.3) is 0 Å². The molecule has 3 heterocycles. The van der Waals surface area contributed by atoms with Gasteiger partial charge in [-0.05, 0) is 37.1 Å². The summed E-state index contributed by atoms with van der Waals surface area (Å²) >= 11 is 3.90. The highest BCUT2D eigenvalue weighted by molar-refractivity contribution is 8.14. The molecule has 0 bridgehead atoms. The van der Waals surface area contributed by atoms with E-state index in [0.29, 0.717) is 0 Å². The molecule has 3 aromatic rings. The molecular formula is C30H23BO2S2. The molecule has 4 aliphatic rings. The molecule has 170 valence electrons. The molecule has 35 heavy (non-hydrogen) atoms. The van der Waals surface area contributed by atoms with Gasteiger partial charge >= 0.3 is 7.12 Å². The van der Waals surface area contributed by atoms with Crippen LogP contribution < -0.4 is 5.46 Å². The van der Waals surface area contributed by atoms with E-state index in [2.05, 4.69) is 98.8 Å². The van der Waals surface area contributed by atoms with Crippen LogP contribution in [-0.2, 0) is 9.31 Å². The van der Waals surface area contributed by atoms with Gasteiger partial charge in [-0.2, -0.15) is 0 Å². The number of hydrogen-bond donors (Lipinski definition) is 0. The van der Waals surface area contributed by atoms with E-state index in [4.69, 9.17) is 9.31 Å². The minimum absolute atomic E-state index is 0.209. The predicted octanol–water partition coefficient (Wildman–Crippen LogP) is 7.04. The van der Waals surface area contributed by atoms with Crippen LogP contribution in [0.2, 0.25) is 0 Å². The summed E-state index contributed by atoms with van der Waals surface area (Å²) in [4.78, 5) is 2.55. The van der Waals surface area contributed by atoms with Gasteiger partial charge in [-0.25, -0.2) is 0 Å². The minimum atomic E-state index is -0.439. The lowest BCUT2D eigenvalue weighted by molar-refractivity contribution is 0.428. The van der Waals surface area contributed by atoms with Crippen molar-refractivity contribution in [1.82, 2.24) is 0 Å². The summed E-state index contributed by atoms with van der Waals surface area (Å²) in [7, 11) is -0.439. The van der Waals surface area contributed by atoms with Crippen molar-refractivity contribution in [3.8, 4) is 0 Å². The van der Waals surface area contributed by atoms with Gasteiger partial charge in [-0.15, -0.1) is 23.5 Å². The Balaban J connectivity index is 1.42. The van der Waals surface area contributed by atoms with Crippen molar-refractivity contribution in [3.05, 3.63) is 137 Å². The van der Waals surface area contributed by atoms with E-state index >= 15 is 0 Å². The molecule has 7 rings (SSSR count). The number of benzene rings is 3. The molecule has 3 aromatic carbocycles. The Labute approximate surface area is 215 Å². The van der Waals surface area contributed by atoms with Crippen molar-refractivity contribution in [3.63, 3.8) is 0 Å². The molecule has 0 saturated carbocycles. The van der Waals surface area contributed by atoms with Crippen LogP contribution in [-0.4, -0.2) is 16.6 Å². The third-order valence-corrected chi connectivity index (χ3v) is 10.8. The molecule has 0 amide bonds. The number of rotatable bonds is 3. The molecule has 1 saturated heterocycles. The maximum atomic E-state index is 6.61. The van der Waals surface area contributed by atoms with Crippen LogP contribution in [0.5, 0.6) is 0 Å². The van der Waals surface area contributed by atoms with Gasteiger partial charge in [0.1, 0.15) is 11.5 Å². The maximum Gasteiger partial charge on any atom is 0.632 e. The number of fused-ring (bicyclic) bond motifs is 4. The lowest BCUT2D eigenvalue weighted by Crippen LogP contribution is -2.47. The molecule has 3 aliphatic heterocycles. The van der Waals surface area contributed by atoms with Crippen LogP contribution in [0.25, 0.3) is 9.81 Å². The monoisotopic (exact) mass is 490 g/mol. The first-order chi connectivity index (χ1) is 17.1. The van der Waals surface area contributed by atoms with Gasteiger partial charge in [-0.3, -0.25) is 0 Å². The van der Waals surface area contributed by atoms with E-state index < -0.39 is 7.12 Å². The topological polar surface area (TPSA) is 18.5 Å². The zero-order chi connectivity index (χ0) is 23.6. The van der Waals surface area contributed by atoms with E-state index in [1.807, 2.05) is 41.7 Å². The van der Waals surface area contributed by atoms with Crippen molar-refractivity contribution in [2.24, 2.45) is 0 Å². The third-order valence-electron chi connectivity index (χ3n) is 7.45. The summed E-state index contributed by atoms with van der Waals surface area (Å²) in [6.45, 7) is 4.74. The standard InChI is InChI=1S/C30H23BO2S2/c1-29-23(18-25(34-29)20-12-6-3-7-13-20)27-28(33-31(32-27)22-16-10-5-11-17-22)24-19-26(35-30(24,29)2)21-14-8-4-9-15-21/h3-19H,1-2H3. The van der Waals surface area contributed by atoms with Crippen LogP contribution in [0.4, 0.5) is 0 Å². The highest BCUT2D eigenvalue weighted by Crippen LogP contribution is 2.69. The zero-order valence-electron chi connectivity index (χ0n) is 19.5. The summed E-state index contributed by atoms with van der Waals surface area (Å²) in [5.74, 6) is 1.77. The molecule has 0 spiro atoms. The van der Waals surface area contributed by atoms with Crippen molar-refractivity contribution < 1.29 is 9.31 Å². The molecule has 1 aliphatic carbocycles. The van der Waals surface area contributed by atoms with E-state index in [9.17, 15) is 0 Å². The zero-order valence-corrected chi connectivity index (χ0v) is 21.2. The average molecular weight is 490 g/mol. The van der Waals surface area contributed by atoms with Crippen LogP contribution >= 0.6 is 23.5 Å². The van der Waals surface area contributed by atoms with Crippen LogP contribution in [0.1, 0.15) is 25.0 Å². The summed E-state index contributed by atoms with van der Waals surface area (Å²) in [6, 6.07) is 31.6. The highest BCUT2D eigenvalue weighted by atomic mass is 32.2. The minimum Gasteiger partial charge on any atom is -0.519 e. The van der Waals surface area contributed by atoms with Crippen molar-refractivity contribution in [1.29, 1.82) is 0 Å². The van der Waals surface area contributed by atoms with Crippen LogP contribution in [0, 0.1) is 0 Å². The molecule has 0 N–H and O–H groups in total. The second-order valence-corrected chi connectivity index (χ2v) is 12.4. The number of thioether (sulfide) groups is 2. The molecule has 2 atom stereocenters. The molecule has 0 radical (unpaired) electrons. The van der Waals surface area contributed by atoms with Crippen LogP contribution in [0.15, 0.2) is 126 Å². The SMILES string of the molecule is CC12SC(c3ccccc3)=CC1=C1OB(c3ccccc3)OC1=C1C=C(c3ccccc3)SC12C. The predicted molar refractivity (Wildman–Crippen MR) is 149 cm³/mol. The van der Waals surface area contributed by atoms with Gasteiger partial charge in [-0.1, -0.05) is 91.0 Å². The summed E-state index contributed by atoms with van der Waals surface area (Å²) in [5.41, 5.74) is 5.95.